The SMILES string of the molecule is CC1=C(C)C[C]([Zr](=[C](c2ccccc2)c2ccccc2)[CH]2c3cc(C(C)(C)C)ccc3-c3ccc(C(C)(C)C)cc32)=C1. The number of fused-ring (bicyclic) bond motifs is 3. The first kappa shape index (κ1) is 29.2. The number of hydrogen-bond donors (Lipinski definition) is 0. The summed E-state index contributed by atoms with van der Waals surface area (Å²) in [5.74, 6) is 0. The second kappa shape index (κ2) is 11.0. The third kappa shape index (κ3) is 5.35. The van der Waals surface area contributed by atoms with Crippen molar-refractivity contribution in [3.8, 4) is 11.1 Å². The number of benzene rings is 4. The van der Waals surface area contributed by atoms with Crippen LogP contribution >= 0.6 is 0 Å². The van der Waals surface area contributed by atoms with Crippen molar-refractivity contribution in [1.29, 1.82) is 0 Å². The molecule has 0 saturated carbocycles. The standard InChI is InChI=1S/C21H25.C13H10.C7H9.Zr/c1-20(2,3)16-7-9-18-14(12-16)11-15-13-17(21(4,5)6)8-10-19(15)18;1-3-7-12(8-4-1)11-13-9-5-2-6-10-13;1-6-4-3-5-7(6)2;/h7-13H,1-6H3;1-10H;4H,5H2,1-2H3;. The summed E-state index contributed by atoms with van der Waals surface area (Å²) in [7, 11) is 0. The Bertz CT molecular complexity index is 1640. The molecule has 0 aliphatic heterocycles. The predicted octanol–water partition coefficient (Wildman–Crippen LogP) is 10.9. The first-order chi connectivity index (χ1) is 19.9. The fraction of sp³-hybridized carbons (Fsp3) is 0.293. The van der Waals surface area contributed by atoms with Crippen molar-refractivity contribution in [3.05, 3.63) is 151 Å². The molecule has 2 aliphatic carbocycles. The molecule has 0 N–H and O–H groups in total. The summed E-state index contributed by atoms with van der Waals surface area (Å²) in [4.78, 5) is 0. The second-order valence-corrected chi connectivity index (χ2v) is 20.6. The Morgan fingerprint density at radius 1 is 0.619 bits per heavy atom. The Morgan fingerprint density at radius 3 is 1.45 bits per heavy atom. The summed E-state index contributed by atoms with van der Waals surface area (Å²) in [5, 5.41) is 0. The van der Waals surface area contributed by atoms with Crippen LogP contribution in [0.4, 0.5) is 0 Å². The molecule has 6 rings (SSSR count). The zero-order chi connectivity index (χ0) is 29.8. The zero-order valence-electron chi connectivity index (χ0n) is 26.6. The maximum absolute atomic E-state index is 2.73. The van der Waals surface area contributed by atoms with E-state index < -0.39 is 21.3 Å². The Hall–Kier alpha value is -2.89. The average molecular weight is 628 g/mol. The van der Waals surface area contributed by atoms with Crippen LogP contribution in [-0.4, -0.2) is 3.21 Å². The molecule has 1 heteroatoms. The molecule has 0 aromatic heterocycles. The van der Waals surface area contributed by atoms with E-state index in [1.807, 2.05) is 0 Å². The Morgan fingerprint density at radius 2 is 1.07 bits per heavy atom. The van der Waals surface area contributed by atoms with Crippen molar-refractivity contribution in [2.24, 2.45) is 0 Å². The zero-order valence-corrected chi connectivity index (χ0v) is 29.1. The van der Waals surface area contributed by atoms with E-state index in [0.717, 1.165) is 6.42 Å². The molecule has 0 radical (unpaired) electrons. The molecule has 0 amide bonds. The molecule has 0 unspecified atom stereocenters. The van der Waals surface area contributed by atoms with Gasteiger partial charge in [-0.3, -0.25) is 0 Å². The summed E-state index contributed by atoms with van der Waals surface area (Å²) >= 11 is -2.73. The molecule has 4 aromatic carbocycles. The van der Waals surface area contributed by atoms with Gasteiger partial charge < -0.3 is 0 Å². The number of hydrogen-bond acceptors (Lipinski definition) is 0. The molecule has 4 aromatic rings. The monoisotopic (exact) mass is 626 g/mol. The van der Waals surface area contributed by atoms with Gasteiger partial charge in [0.1, 0.15) is 0 Å². The van der Waals surface area contributed by atoms with Gasteiger partial charge in [0.25, 0.3) is 0 Å². The van der Waals surface area contributed by atoms with Crippen molar-refractivity contribution in [1.82, 2.24) is 0 Å². The van der Waals surface area contributed by atoms with Crippen LogP contribution in [0.2, 0.25) is 0 Å². The number of allylic oxidation sites excluding steroid dienone is 4. The Kier molecular flexibility index (Phi) is 7.64. The topological polar surface area (TPSA) is 0 Å². The summed E-state index contributed by atoms with van der Waals surface area (Å²) in [6.45, 7) is 18.8. The van der Waals surface area contributed by atoms with Gasteiger partial charge in [-0.1, -0.05) is 0 Å². The van der Waals surface area contributed by atoms with Gasteiger partial charge in [0, 0.05) is 0 Å². The third-order valence-corrected chi connectivity index (χ3v) is 17.5. The van der Waals surface area contributed by atoms with Crippen LogP contribution < -0.4 is 0 Å². The number of rotatable bonds is 4. The van der Waals surface area contributed by atoms with E-state index in [2.05, 4.69) is 159 Å². The second-order valence-electron chi connectivity index (χ2n) is 14.4. The summed E-state index contributed by atoms with van der Waals surface area (Å²) in [6, 6.07) is 37.5. The molecule has 42 heavy (non-hydrogen) atoms. The van der Waals surface area contributed by atoms with E-state index in [1.165, 1.54) is 44.5 Å². The molecule has 0 nitrogen and oxygen atoms in total. The molecule has 0 spiro atoms. The normalized spacial score (nSPS) is 15.0. The minimum absolute atomic E-state index is 0.0984. The van der Waals surface area contributed by atoms with E-state index in [1.54, 1.807) is 17.6 Å². The van der Waals surface area contributed by atoms with Gasteiger partial charge in [-0.2, -0.15) is 0 Å². The van der Waals surface area contributed by atoms with Crippen LogP contribution in [-0.2, 0) is 32.1 Å². The van der Waals surface area contributed by atoms with Crippen molar-refractivity contribution in [3.63, 3.8) is 0 Å². The molecule has 0 atom stereocenters. The van der Waals surface area contributed by atoms with Gasteiger partial charge in [0.2, 0.25) is 0 Å². The van der Waals surface area contributed by atoms with E-state index in [4.69, 9.17) is 0 Å². The van der Waals surface area contributed by atoms with Crippen LogP contribution in [0.3, 0.4) is 0 Å². The maximum atomic E-state index is 2.59. The fourth-order valence-corrected chi connectivity index (χ4v) is 16.2. The Balaban J connectivity index is 1.75. The molecule has 0 saturated heterocycles. The van der Waals surface area contributed by atoms with Gasteiger partial charge in [0.05, 0.1) is 0 Å². The Labute approximate surface area is 261 Å². The fourth-order valence-electron chi connectivity index (χ4n) is 6.72. The molecule has 0 fully saturated rings. The molecule has 0 heterocycles. The minimum atomic E-state index is -2.73. The summed E-state index contributed by atoms with van der Waals surface area (Å²) in [5.41, 5.74) is 14.9. The molecular formula is C41H44Zr. The van der Waals surface area contributed by atoms with Crippen molar-refractivity contribution < 1.29 is 21.3 Å². The van der Waals surface area contributed by atoms with Gasteiger partial charge in [0.15, 0.2) is 0 Å². The van der Waals surface area contributed by atoms with Crippen LogP contribution in [0.25, 0.3) is 11.1 Å². The van der Waals surface area contributed by atoms with Gasteiger partial charge in [-0.05, 0) is 0 Å². The van der Waals surface area contributed by atoms with E-state index in [0.29, 0.717) is 3.63 Å². The van der Waals surface area contributed by atoms with E-state index >= 15 is 0 Å². The van der Waals surface area contributed by atoms with Gasteiger partial charge in [-0.15, -0.1) is 0 Å². The van der Waals surface area contributed by atoms with Gasteiger partial charge >= 0.3 is 263 Å². The summed E-state index contributed by atoms with van der Waals surface area (Å²) in [6.07, 6.45) is 3.71. The average Bonchev–Trinajstić information content (AvgIpc) is 3.46. The van der Waals surface area contributed by atoms with Crippen LogP contribution in [0.1, 0.15) is 98.8 Å². The molecule has 212 valence electrons. The first-order valence-corrected chi connectivity index (χ1v) is 19.3. The first-order valence-electron chi connectivity index (χ1n) is 15.4. The quantitative estimate of drug-likeness (QED) is 0.211. The molecule has 0 bridgehead atoms. The van der Waals surface area contributed by atoms with Crippen molar-refractivity contribution >= 4 is 3.21 Å². The molecule has 2 aliphatic rings. The predicted molar refractivity (Wildman–Crippen MR) is 178 cm³/mol. The van der Waals surface area contributed by atoms with Crippen LogP contribution in [0.15, 0.2) is 118 Å². The molecular weight excluding hydrogens is 584 g/mol. The van der Waals surface area contributed by atoms with Crippen LogP contribution in [0, 0.1) is 0 Å². The van der Waals surface area contributed by atoms with E-state index in [9.17, 15) is 0 Å². The van der Waals surface area contributed by atoms with Gasteiger partial charge in [-0.25, -0.2) is 0 Å². The van der Waals surface area contributed by atoms with Crippen molar-refractivity contribution in [2.45, 2.75) is 76.3 Å². The summed E-state index contributed by atoms with van der Waals surface area (Å²) < 4.78 is 3.77. The van der Waals surface area contributed by atoms with Crippen molar-refractivity contribution in [2.75, 3.05) is 0 Å². The van der Waals surface area contributed by atoms with Crippen LogP contribution in [0.5, 0.6) is 0 Å². The third-order valence-electron chi connectivity index (χ3n) is 9.30. The van der Waals surface area contributed by atoms with E-state index in [-0.39, 0.29) is 10.8 Å².